The zero-order chi connectivity index (χ0) is 39.5. The second-order valence-corrected chi connectivity index (χ2v) is 18.1. The molecule has 2 aliphatic rings. The van der Waals surface area contributed by atoms with Crippen molar-refractivity contribution >= 4 is 0 Å². The molecule has 0 radical (unpaired) electrons. The quantitative estimate of drug-likeness (QED) is 0.0736. The summed E-state index contributed by atoms with van der Waals surface area (Å²) in [7, 11) is 0. The predicted octanol–water partition coefficient (Wildman–Crippen LogP) is 11.4. The fourth-order valence-electron chi connectivity index (χ4n) is 6.97. The second kappa shape index (κ2) is 16.4. The molecule has 3 atom stereocenters. The van der Waals surface area contributed by atoms with Crippen LogP contribution in [0.15, 0.2) is 96.1 Å². The second-order valence-electron chi connectivity index (χ2n) is 18.1. The molecule has 0 aromatic heterocycles. The van der Waals surface area contributed by atoms with Gasteiger partial charge in [0.2, 0.25) is 0 Å². The molecule has 3 unspecified atom stereocenters. The van der Waals surface area contributed by atoms with E-state index in [1.54, 1.807) is 0 Å². The van der Waals surface area contributed by atoms with Crippen molar-refractivity contribution in [1.82, 2.24) is 0 Å². The lowest BCUT2D eigenvalue weighted by Crippen LogP contribution is -2.46. The Labute approximate surface area is 326 Å². The Morgan fingerprint density at radius 3 is 1.70 bits per heavy atom. The van der Waals surface area contributed by atoms with Crippen molar-refractivity contribution in [3.8, 4) is 11.5 Å². The summed E-state index contributed by atoms with van der Waals surface area (Å²) < 4.78 is 37.0. The molecule has 1 aliphatic heterocycles. The van der Waals surface area contributed by atoms with Crippen LogP contribution in [-0.4, -0.2) is 49.5 Å². The number of hydrogen-bond acceptors (Lipinski definition) is 6. The van der Waals surface area contributed by atoms with E-state index in [9.17, 15) is 0 Å². The molecule has 0 N–H and O–H groups in total. The van der Waals surface area contributed by atoms with Gasteiger partial charge in [-0.25, -0.2) is 0 Å². The summed E-state index contributed by atoms with van der Waals surface area (Å²) in [4.78, 5) is 0. The Kier molecular flexibility index (Phi) is 12.6. The number of allylic oxidation sites excluding steroid dienone is 4. The monoisotopic (exact) mass is 738 g/mol. The maximum absolute atomic E-state index is 6.53. The van der Waals surface area contributed by atoms with Crippen molar-refractivity contribution in [2.45, 2.75) is 149 Å². The summed E-state index contributed by atoms with van der Waals surface area (Å²) in [6.45, 7) is 29.5. The van der Waals surface area contributed by atoms with Crippen LogP contribution in [0.3, 0.4) is 0 Å². The Morgan fingerprint density at radius 2 is 1.17 bits per heavy atom. The lowest BCUT2D eigenvalue weighted by atomic mass is 9.74. The van der Waals surface area contributed by atoms with E-state index in [4.69, 9.17) is 28.4 Å². The van der Waals surface area contributed by atoms with E-state index in [-0.39, 0.29) is 23.0 Å². The van der Waals surface area contributed by atoms with Crippen LogP contribution in [0.1, 0.15) is 125 Å². The third-order valence-electron chi connectivity index (χ3n) is 11.5. The van der Waals surface area contributed by atoms with Gasteiger partial charge in [-0.2, -0.15) is 0 Å². The van der Waals surface area contributed by atoms with Crippen molar-refractivity contribution in [3.63, 3.8) is 0 Å². The van der Waals surface area contributed by atoms with E-state index in [1.807, 2.05) is 32.9 Å². The van der Waals surface area contributed by atoms with Crippen molar-refractivity contribution < 1.29 is 28.4 Å². The van der Waals surface area contributed by atoms with E-state index in [0.29, 0.717) is 13.2 Å². The SMILES string of the molecule is CC1=CCC(C(C)(C)c2ccc(OC(C)C(C)(C)OCC(C)(C)OC(C)OC(C)(C)c3ccc(C(C)(C)c4ccc(OCC5CO5)cc4)cc3)cc2)=CC1. The first-order valence-corrected chi connectivity index (χ1v) is 19.8. The van der Waals surface area contributed by atoms with Gasteiger partial charge in [0.15, 0.2) is 6.29 Å². The van der Waals surface area contributed by atoms with E-state index < -0.39 is 23.1 Å². The highest BCUT2D eigenvalue weighted by molar-refractivity contribution is 5.42. The van der Waals surface area contributed by atoms with Gasteiger partial charge in [-0.1, -0.05) is 99.5 Å². The average Bonchev–Trinajstić information content (AvgIpc) is 3.95. The molecular weight excluding hydrogens is 673 g/mol. The summed E-state index contributed by atoms with van der Waals surface area (Å²) in [6, 6.07) is 25.7. The maximum Gasteiger partial charge on any atom is 0.156 e. The third kappa shape index (κ3) is 10.7. The molecule has 6 heteroatoms. The van der Waals surface area contributed by atoms with E-state index in [2.05, 4.69) is 142 Å². The van der Waals surface area contributed by atoms with Crippen molar-refractivity contribution in [1.29, 1.82) is 0 Å². The number of hydrogen-bond donors (Lipinski definition) is 0. The molecule has 294 valence electrons. The Hall–Kier alpha value is -3.42. The molecule has 3 aromatic rings. The smallest absolute Gasteiger partial charge is 0.156 e. The lowest BCUT2D eigenvalue weighted by Gasteiger charge is -2.38. The number of benzene rings is 3. The molecule has 1 heterocycles. The average molecular weight is 739 g/mol. The van der Waals surface area contributed by atoms with E-state index in [1.165, 1.54) is 27.8 Å². The Bertz CT molecular complexity index is 1740. The minimum atomic E-state index is -0.596. The Balaban J connectivity index is 1.11. The van der Waals surface area contributed by atoms with Crippen molar-refractivity contribution in [2.24, 2.45) is 0 Å². The first-order valence-electron chi connectivity index (χ1n) is 19.8. The minimum absolute atomic E-state index is 0.0248. The third-order valence-corrected chi connectivity index (χ3v) is 11.5. The summed E-state index contributed by atoms with van der Waals surface area (Å²) >= 11 is 0. The number of ether oxygens (including phenoxy) is 6. The van der Waals surface area contributed by atoms with Gasteiger partial charge in [0.25, 0.3) is 0 Å². The molecule has 1 aliphatic carbocycles. The van der Waals surface area contributed by atoms with Gasteiger partial charge >= 0.3 is 0 Å². The van der Waals surface area contributed by atoms with Crippen LogP contribution in [0.2, 0.25) is 0 Å². The van der Waals surface area contributed by atoms with Gasteiger partial charge in [0.05, 0.1) is 30.0 Å². The minimum Gasteiger partial charge on any atom is -0.491 e. The van der Waals surface area contributed by atoms with Crippen LogP contribution in [0, 0.1) is 0 Å². The topological polar surface area (TPSA) is 58.7 Å². The summed E-state index contributed by atoms with van der Waals surface area (Å²) in [5, 5.41) is 0. The standard InChI is InChI=1S/C48H66O6/c1-33-14-16-36(17-15-33)45(6,7)39-24-28-42(29-25-39)52-34(2)47(10,11)51-32-44(4,5)53-35(3)54-48(12,13)40-20-18-37(19-21-40)46(8,9)38-22-26-41(27-23-38)49-30-43-31-50-43/h14,17-29,34-35,43H,15-16,30-32H2,1-13H3. The molecule has 54 heavy (non-hydrogen) atoms. The first-order chi connectivity index (χ1) is 25.2. The highest BCUT2D eigenvalue weighted by Gasteiger charge is 2.35. The summed E-state index contributed by atoms with van der Waals surface area (Å²) in [5.74, 6) is 1.71. The normalized spacial score (nSPS) is 18.1. The highest BCUT2D eigenvalue weighted by Crippen LogP contribution is 2.38. The van der Waals surface area contributed by atoms with Crippen LogP contribution < -0.4 is 9.47 Å². The van der Waals surface area contributed by atoms with Crippen LogP contribution >= 0.6 is 0 Å². The number of epoxide rings is 1. The summed E-state index contributed by atoms with van der Waals surface area (Å²) in [5.41, 5.74) is 5.82. The van der Waals surface area contributed by atoms with Gasteiger partial charge < -0.3 is 28.4 Å². The first kappa shape index (κ1) is 41.7. The van der Waals surface area contributed by atoms with Gasteiger partial charge in [0.1, 0.15) is 30.3 Å². The molecular formula is C48H66O6. The zero-order valence-electron chi connectivity index (χ0n) is 35.3. The molecule has 0 saturated carbocycles. The highest BCUT2D eigenvalue weighted by atomic mass is 16.7. The van der Waals surface area contributed by atoms with Crippen LogP contribution in [0.5, 0.6) is 11.5 Å². The van der Waals surface area contributed by atoms with Gasteiger partial charge in [-0.3, -0.25) is 0 Å². The lowest BCUT2D eigenvalue weighted by molar-refractivity contribution is -0.254. The van der Waals surface area contributed by atoms with Gasteiger partial charge in [0, 0.05) is 10.8 Å². The Morgan fingerprint density at radius 1 is 0.648 bits per heavy atom. The van der Waals surface area contributed by atoms with Crippen molar-refractivity contribution in [3.05, 3.63) is 118 Å². The van der Waals surface area contributed by atoms with E-state index >= 15 is 0 Å². The van der Waals surface area contributed by atoms with Crippen LogP contribution in [-0.2, 0) is 35.4 Å². The molecule has 5 rings (SSSR count). The predicted molar refractivity (Wildman–Crippen MR) is 220 cm³/mol. The zero-order valence-corrected chi connectivity index (χ0v) is 35.3. The molecule has 1 saturated heterocycles. The maximum atomic E-state index is 6.53. The van der Waals surface area contributed by atoms with Crippen LogP contribution in [0.4, 0.5) is 0 Å². The fraction of sp³-hybridized carbons (Fsp3) is 0.542. The summed E-state index contributed by atoms with van der Waals surface area (Å²) in [6.07, 6.45) is 6.39. The molecule has 3 aromatic carbocycles. The molecule has 6 nitrogen and oxygen atoms in total. The van der Waals surface area contributed by atoms with Gasteiger partial charge in [-0.15, -0.1) is 0 Å². The molecule has 0 spiro atoms. The van der Waals surface area contributed by atoms with Crippen molar-refractivity contribution in [2.75, 3.05) is 19.8 Å². The molecule has 1 fully saturated rings. The fourth-order valence-corrected chi connectivity index (χ4v) is 6.97. The number of rotatable bonds is 18. The van der Waals surface area contributed by atoms with E-state index in [0.717, 1.165) is 36.5 Å². The van der Waals surface area contributed by atoms with Gasteiger partial charge in [-0.05, 0) is 122 Å². The van der Waals surface area contributed by atoms with Crippen LogP contribution in [0.25, 0.3) is 0 Å². The largest absolute Gasteiger partial charge is 0.491 e. The molecule has 0 amide bonds. The molecule has 0 bridgehead atoms.